The molecule has 1 aromatic heterocycles. The van der Waals surface area contributed by atoms with E-state index in [2.05, 4.69) is 52.5 Å². The van der Waals surface area contributed by atoms with Crippen LogP contribution < -0.4 is 20.2 Å². The lowest BCUT2D eigenvalue weighted by Gasteiger charge is -2.11. The third kappa shape index (κ3) is 6.53. The van der Waals surface area contributed by atoms with E-state index in [4.69, 9.17) is 9.47 Å². The van der Waals surface area contributed by atoms with Gasteiger partial charge in [0.25, 0.3) is 0 Å². The maximum absolute atomic E-state index is 12.2. The number of benzene rings is 2. The largest absolute Gasteiger partial charge is 0.493 e. The van der Waals surface area contributed by atoms with E-state index in [1.165, 1.54) is 11.1 Å². The van der Waals surface area contributed by atoms with Gasteiger partial charge in [0.05, 0.1) is 20.4 Å². The number of methoxy groups -OCH3 is 2. The zero-order valence-corrected chi connectivity index (χ0v) is 21.8. The van der Waals surface area contributed by atoms with Crippen molar-refractivity contribution in [1.29, 1.82) is 0 Å². The minimum Gasteiger partial charge on any atom is -0.493 e. The van der Waals surface area contributed by atoms with Gasteiger partial charge < -0.3 is 19.4 Å². The van der Waals surface area contributed by atoms with Gasteiger partial charge in [-0.05, 0) is 81.1 Å². The maximum Gasteiger partial charge on any atom is 0.249 e. The molecule has 0 unspecified atom stereocenters. The molecule has 0 aliphatic rings. The van der Waals surface area contributed by atoms with Crippen LogP contribution in [0.5, 0.6) is 11.5 Å². The minimum absolute atomic E-state index is 0.301. The Bertz CT molecular complexity index is 1280. The Morgan fingerprint density at radius 3 is 2.36 bits per heavy atom. The number of rotatable bonds is 10. The van der Waals surface area contributed by atoms with Crippen molar-refractivity contribution in [1.82, 2.24) is 15.3 Å². The van der Waals surface area contributed by atoms with Gasteiger partial charge in [0, 0.05) is 29.2 Å². The Hall–Kier alpha value is -4.07. The highest BCUT2D eigenvalue weighted by Crippen LogP contribution is 2.27. The van der Waals surface area contributed by atoms with Crippen molar-refractivity contribution >= 4 is 18.0 Å². The second kappa shape index (κ2) is 12.1. The molecule has 0 saturated carbocycles. The molecule has 0 radical (unpaired) electrons. The first kappa shape index (κ1) is 26.5. The molecule has 0 spiro atoms. The number of aryl methyl sites for hydroxylation is 3. The first-order valence-corrected chi connectivity index (χ1v) is 11.8. The number of ether oxygens (including phenoxy) is 2. The molecule has 36 heavy (non-hydrogen) atoms. The molecule has 0 fully saturated rings. The van der Waals surface area contributed by atoms with Gasteiger partial charge in [0.15, 0.2) is 11.5 Å². The molecular formula is C28H34N4O4. The molecule has 1 heterocycles. The van der Waals surface area contributed by atoms with Gasteiger partial charge >= 0.3 is 0 Å². The summed E-state index contributed by atoms with van der Waals surface area (Å²) >= 11 is 0. The summed E-state index contributed by atoms with van der Waals surface area (Å²) in [6, 6.07) is 14.0. The fourth-order valence-electron chi connectivity index (χ4n) is 3.98. The van der Waals surface area contributed by atoms with Crippen molar-refractivity contribution in [2.75, 3.05) is 20.8 Å². The molecule has 3 aromatic rings. The SMILES string of the molecule is COc1ccc(CCNC(=O)CC(=O)N/N=C/c2cc(C)n(-c3ccc(C)c(C)c3)c2C)cc1OC. The van der Waals surface area contributed by atoms with Crippen LogP contribution in [0.1, 0.15) is 40.1 Å². The lowest BCUT2D eigenvalue weighted by molar-refractivity contribution is -0.129. The Kier molecular flexibility index (Phi) is 8.89. The molecule has 190 valence electrons. The van der Waals surface area contributed by atoms with Crippen molar-refractivity contribution in [3.8, 4) is 17.2 Å². The summed E-state index contributed by atoms with van der Waals surface area (Å²) in [5, 5.41) is 6.81. The zero-order chi connectivity index (χ0) is 26.2. The van der Waals surface area contributed by atoms with E-state index in [1.54, 1.807) is 20.4 Å². The van der Waals surface area contributed by atoms with E-state index >= 15 is 0 Å². The highest BCUT2D eigenvalue weighted by molar-refractivity contribution is 5.97. The predicted octanol–water partition coefficient (Wildman–Crippen LogP) is 3.93. The Labute approximate surface area is 212 Å². The number of nitrogens with one attached hydrogen (secondary N) is 2. The monoisotopic (exact) mass is 490 g/mol. The number of amides is 2. The Morgan fingerprint density at radius 1 is 0.917 bits per heavy atom. The number of hydrogen-bond donors (Lipinski definition) is 2. The number of nitrogens with zero attached hydrogens (tertiary/aromatic N) is 2. The molecule has 0 bridgehead atoms. The summed E-state index contributed by atoms with van der Waals surface area (Å²) in [4.78, 5) is 24.3. The molecule has 0 saturated heterocycles. The highest BCUT2D eigenvalue weighted by Gasteiger charge is 2.12. The van der Waals surface area contributed by atoms with E-state index < -0.39 is 5.91 Å². The van der Waals surface area contributed by atoms with Crippen molar-refractivity contribution in [3.63, 3.8) is 0 Å². The van der Waals surface area contributed by atoms with Crippen LogP contribution in [0, 0.1) is 27.7 Å². The van der Waals surface area contributed by atoms with Gasteiger partial charge in [-0.25, -0.2) is 5.43 Å². The lowest BCUT2D eigenvalue weighted by Crippen LogP contribution is -2.31. The van der Waals surface area contributed by atoms with Crippen LogP contribution in [0.4, 0.5) is 0 Å². The normalized spacial score (nSPS) is 10.9. The van der Waals surface area contributed by atoms with Crippen LogP contribution in [0.3, 0.4) is 0 Å². The van der Waals surface area contributed by atoms with Crippen LogP contribution in [0.25, 0.3) is 5.69 Å². The molecule has 0 aliphatic carbocycles. The van der Waals surface area contributed by atoms with E-state index in [0.29, 0.717) is 24.5 Å². The van der Waals surface area contributed by atoms with Crippen molar-refractivity contribution < 1.29 is 19.1 Å². The fourth-order valence-corrected chi connectivity index (χ4v) is 3.98. The summed E-state index contributed by atoms with van der Waals surface area (Å²) in [6.07, 6.45) is 1.90. The average Bonchev–Trinajstić information content (AvgIpc) is 3.13. The van der Waals surface area contributed by atoms with Crippen molar-refractivity contribution in [2.24, 2.45) is 5.10 Å². The summed E-state index contributed by atoms with van der Waals surface area (Å²) in [7, 11) is 3.16. The molecule has 2 amide bonds. The van der Waals surface area contributed by atoms with Gasteiger partial charge in [-0.2, -0.15) is 5.10 Å². The molecule has 0 aliphatic heterocycles. The van der Waals surface area contributed by atoms with Gasteiger partial charge in [0.2, 0.25) is 11.8 Å². The summed E-state index contributed by atoms with van der Waals surface area (Å²) < 4.78 is 12.7. The van der Waals surface area contributed by atoms with Crippen LogP contribution in [-0.2, 0) is 16.0 Å². The third-order valence-electron chi connectivity index (χ3n) is 6.12. The summed E-state index contributed by atoms with van der Waals surface area (Å²) in [5.74, 6) is 0.442. The second-order valence-electron chi connectivity index (χ2n) is 8.69. The van der Waals surface area contributed by atoms with E-state index in [-0.39, 0.29) is 12.3 Å². The van der Waals surface area contributed by atoms with Gasteiger partial charge in [-0.3, -0.25) is 9.59 Å². The molecule has 3 rings (SSSR count). The fraction of sp³-hybridized carbons (Fsp3) is 0.321. The second-order valence-corrected chi connectivity index (χ2v) is 8.69. The standard InChI is InChI=1S/C28H34N4O4/c1-18-7-9-24(13-19(18)2)32-20(3)14-23(21(32)4)17-30-31-28(34)16-27(33)29-12-11-22-8-10-25(35-5)26(15-22)36-6/h7-10,13-15,17H,11-12,16H2,1-6H3,(H,29,33)(H,31,34)/b30-17+. The number of hydrogen-bond acceptors (Lipinski definition) is 5. The minimum atomic E-state index is -0.474. The zero-order valence-electron chi connectivity index (χ0n) is 21.8. The number of aromatic nitrogens is 1. The molecule has 0 atom stereocenters. The molecule has 8 heteroatoms. The van der Waals surface area contributed by atoms with Gasteiger partial charge in [-0.15, -0.1) is 0 Å². The topological polar surface area (TPSA) is 94.0 Å². The van der Waals surface area contributed by atoms with Crippen molar-refractivity contribution in [2.45, 2.75) is 40.5 Å². The first-order valence-electron chi connectivity index (χ1n) is 11.8. The predicted molar refractivity (Wildman–Crippen MR) is 141 cm³/mol. The summed E-state index contributed by atoms with van der Waals surface area (Å²) in [6.45, 7) is 8.63. The Morgan fingerprint density at radius 2 is 1.67 bits per heavy atom. The van der Waals surface area contributed by atoms with E-state index in [0.717, 1.165) is 28.2 Å². The maximum atomic E-state index is 12.2. The molecule has 8 nitrogen and oxygen atoms in total. The molecular weight excluding hydrogens is 456 g/mol. The van der Waals surface area contributed by atoms with Crippen LogP contribution in [0.2, 0.25) is 0 Å². The number of carbonyl (C=O) groups is 2. The van der Waals surface area contributed by atoms with E-state index in [1.807, 2.05) is 38.1 Å². The van der Waals surface area contributed by atoms with Crippen LogP contribution in [0.15, 0.2) is 47.6 Å². The smallest absolute Gasteiger partial charge is 0.249 e. The Balaban J connectivity index is 1.50. The first-order chi connectivity index (χ1) is 17.2. The lowest BCUT2D eigenvalue weighted by atomic mass is 10.1. The van der Waals surface area contributed by atoms with Gasteiger partial charge in [-0.1, -0.05) is 12.1 Å². The molecule has 2 N–H and O–H groups in total. The van der Waals surface area contributed by atoms with Crippen LogP contribution >= 0.6 is 0 Å². The number of carbonyl (C=O) groups excluding carboxylic acids is 2. The van der Waals surface area contributed by atoms with E-state index in [9.17, 15) is 9.59 Å². The number of hydrazone groups is 1. The average molecular weight is 491 g/mol. The van der Waals surface area contributed by atoms with Gasteiger partial charge in [0.1, 0.15) is 6.42 Å². The molecule has 2 aromatic carbocycles. The quantitative estimate of drug-likeness (QED) is 0.256. The highest BCUT2D eigenvalue weighted by atomic mass is 16.5. The van der Waals surface area contributed by atoms with Crippen LogP contribution in [-0.4, -0.2) is 43.4 Å². The third-order valence-corrected chi connectivity index (χ3v) is 6.12. The summed E-state index contributed by atoms with van der Waals surface area (Å²) in [5.41, 5.74) is 9.96. The van der Waals surface area contributed by atoms with Crippen molar-refractivity contribution in [3.05, 3.63) is 76.1 Å².